The minimum absolute atomic E-state index is 0.0972. The van der Waals surface area contributed by atoms with Gasteiger partial charge in [0.05, 0.1) is 19.8 Å². The molecule has 3 N–H and O–H groups in total. The first kappa shape index (κ1) is 21.4. The summed E-state index contributed by atoms with van der Waals surface area (Å²) in [5.41, 5.74) is 1.55. The third-order valence-corrected chi connectivity index (χ3v) is 4.98. The highest BCUT2D eigenvalue weighted by molar-refractivity contribution is 7.98. The van der Waals surface area contributed by atoms with Crippen molar-refractivity contribution in [1.82, 2.24) is 25.1 Å². The number of rotatable bonds is 8. The van der Waals surface area contributed by atoms with Crippen LogP contribution in [0.5, 0.6) is 11.5 Å². The van der Waals surface area contributed by atoms with E-state index in [9.17, 15) is 9.59 Å². The average molecular weight is 430 g/mol. The SMILES string of the molecule is COc1ccc(-c2nc(NC(=O)CCc3c(C)nc(SC)[nH]c3=O)n[nH]2)c(OC)c1. The Bertz CT molecular complexity index is 1110. The molecule has 0 aliphatic carbocycles. The van der Waals surface area contributed by atoms with Crippen LogP contribution in [0.3, 0.4) is 0 Å². The number of nitrogens with one attached hydrogen (secondary N) is 3. The molecule has 0 saturated carbocycles. The van der Waals surface area contributed by atoms with Gasteiger partial charge in [0.1, 0.15) is 11.5 Å². The zero-order chi connectivity index (χ0) is 21.7. The van der Waals surface area contributed by atoms with Crippen LogP contribution in [0.4, 0.5) is 5.95 Å². The number of aromatic amines is 2. The number of ether oxygens (including phenoxy) is 2. The monoisotopic (exact) mass is 430 g/mol. The van der Waals surface area contributed by atoms with Crippen LogP contribution in [0.25, 0.3) is 11.4 Å². The molecular formula is C19H22N6O4S. The molecule has 0 aliphatic heterocycles. The maximum absolute atomic E-state index is 12.3. The van der Waals surface area contributed by atoms with Gasteiger partial charge < -0.3 is 14.5 Å². The molecule has 0 atom stereocenters. The van der Waals surface area contributed by atoms with Gasteiger partial charge in [-0.15, -0.1) is 5.10 Å². The predicted molar refractivity (Wildman–Crippen MR) is 113 cm³/mol. The Labute approximate surface area is 176 Å². The summed E-state index contributed by atoms with van der Waals surface area (Å²) in [7, 11) is 3.11. The third kappa shape index (κ3) is 4.79. The number of hydrogen-bond donors (Lipinski definition) is 3. The molecule has 0 spiro atoms. The lowest BCUT2D eigenvalue weighted by atomic mass is 10.1. The molecule has 0 fully saturated rings. The summed E-state index contributed by atoms with van der Waals surface area (Å²) >= 11 is 1.36. The molecule has 0 radical (unpaired) electrons. The van der Waals surface area contributed by atoms with Crippen molar-refractivity contribution < 1.29 is 14.3 Å². The molecular weight excluding hydrogens is 408 g/mol. The second kappa shape index (κ2) is 9.44. The summed E-state index contributed by atoms with van der Waals surface area (Å²) in [6, 6.07) is 5.28. The van der Waals surface area contributed by atoms with Gasteiger partial charge in [0.2, 0.25) is 11.9 Å². The molecule has 30 heavy (non-hydrogen) atoms. The second-order valence-corrected chi connectivity index (χ2v) is 7.06. The van der Waals surface area contributed by atoms with Crippen molar-refractivity contribution in [2.45, 2.75) is 24.9 Å². The van der Waals surface area contributed by atoms with E-state index in [-0.39, 0.29) is 30.3 Å². The van der Waals surface area contributed by atoms with E-state index in [0.29, 0.717) is 39.3 Å². The van der Waals surface area contributed by atoms with Crippen molar-refractivity contribution in [3.8, 4) is 22.9 Å². The van der Waals surface area contributed by atoms with Gasteiger partial charge in [-0.05, 0) is 31.7 Å². The van der Waals surface area contributed by atoms with Crippen molar-refractivity contribution in [1.29, 1.82) is 0 Å². The van der Waals surface area contributed by atoms with Gasteiger partial charge >= 0.3 is 0 Å². The number of nitrogens with zero attached hydrogens (tertiary/aromatic N) is 3. The second-order valence-electron chi connectivity index (χ2n) is 6.26. The quantitative estimate of drug-likeness (QED) is 0.366. The highest BCUT2D eigenvalue weighted by Crippen LogP contribution is 2.31. The molecule has 2 heterocycles. The van der Waals surface area contributed by atoms with Crippen LogP contribution in [-0.2, 0) is 11.2 Å². The summed E-state index contributed by atoms with van der Waals surface area (Å²) in [4.78, 5) is 35.8. The largest absolute Gasteiger partial charge is 0.497 e. The van der Waals surface area contributed by atoms with Crippen LogP contribution >= 0.6 is 11.8 Å². The molecule has 10 nitrogen and oxygen atoms in total. The van der Waals surface area contributed by atoms with Gasteiger partial charge in [-0.25, -0.2) is 4.98 Å². The number of thioether (sulfide) groups is 1. The number of aryl methyl sites for hydroxylation is 1. The normalized spacial score (nSPS) is 10.7. The molecule has 0 saturated heterocycles. The summed E-state index contributed by atoms with van der Waals surface area (Å²) in [6.07, 6.45) is 2.19. The number of aromatic nitrogens is 5. The van der Waals surface area contributed by atoms with Crippen molar-refractivity contribution in [3.05, 3.63) is 39.8 Å². The molecule has 3 rings (SSSR count). The molecule has 158 valence electrons. The van der Waals surface area contributed by atoms with Crippen molar-refractivity contribution in [3.63, 3.8) is 0 Å². The van der Waals surface area contributed by atoms with Crippen molar-refractivity contribution in [2.24, 2.45) is 0 Å². The minimum Gasteiger partial charge on any atom is -0.497 e. The lowest BCUT2D eigenvalue weighted by Gasteiger charge is -2.07. The minimum atomic E-state index is -0.310. The van der Waals surface area contributed by atoms with E-state index in [2.05, 4.69) is 30.5 Å². The zero-order valence-corrected chi connectivity index (χ0v) is 17.8. The maximum Gasteiger partial charge on any atom is 0.254 e. The van der Waals surface area contributed by atoms with Gasteiger partial charge in [0.25, 0.3) is 5.56 Å². The Morgan fingerprint density at radius 2 is 2.03 bits per heavy atom. The van der Waals surface area contributed by atoms with E-state index in [4.69, 9.17) is 9.47 Å². The standard InChI is InChI=1S/C19H22N6O4S/c1-10-12(17(27)23-19(20-10)30-4)7-8-15(26)21-18-22-16(24-25-18)13-6-5-11(28-2)9-14(13)29-3/h5-6,9H,7-8H2,1-4H3,(H,20,23,27)(H2,21,22,24,25,26). The van der Waals surface area contributed by atoms with E-state index in [1.807, 2.05) is 6.26 Å². The van der Waals surface area contributed by atoms with Crippen LogP contribution < -0.4 is 20.3 Å². The van der Waals surface area contributed by atoms with E-state index < -0.39 is 0 Å². The Morgan fingerprint density at radius 1 is 1.23 bits per heavy atom. The van der Waals surface area contributed by atoms with Gasteiger partial charge in [0.15, 0.2) is 11.0 Å². The molecule has 1 aromatic carbocycles. The Morgan fingerprint density at radius 3 is 2.70 bits per heavy atom. The van der Waals surface area contributed by atoms with Crippen LogP contribution in [0.15, 0.2) is 28.2 Å². The Hall–Kier alpha value is -3.34. The highest BCUT2D eigenvalue weighted by Gasteiger charge is 2.15. The van der Waals surface area contributed by atoms with E-state index in [1.165, 1.54) is 11.8 Å². The molecule has 1 amide bonds. The molecule has 3 aromatic rings. The first-order chi connectivity index (χ1) is 14.4. The molecule has 0 bridgehead atoms. The van der Waals surface area contributed by atoms with Crippen molar-refractivity contribution >= 4 is 23.6 Å². The number of H-pyrrole nitrogens is 2. The lowest BCUT2D eigenvalue weighted by Crippen LogP contribution is -2.20. The number of carbonyl (C=O) groups excluding carboxylic acids is 1. The topological polar surface area (TPSA) is 135 Å². The molecule has 0 aliphatic rings. The number of benzene rings is 1. The van der Waals surface area contributed by atoms with E-state index >= 15 is 0 Å². The molecule has 2 aromatic heterocycles. The summed E-state index contributed by atoms with van der Waals surface area (Å²) < 4.78 is 10.5. The number of anilines is 1. The maximum atomic E-state index is 12.3. The highest BCUT2D eigenvalue weighted by atomic mass is 32.2. The van der Waals surface area contributed by atoms with Gasteiger partial charge in [-0.1, -0.05) is 11.8 Å². The number of hydrogen-bond acceptors (Lipinski definition) is 8. The first-order valence-corrected chi connectivity index (χ1v) is 10.3. The van der Waals surface area contributed by atoms with Crippen LogP contribution in [0, 0.1) is 6.92 Å². The zero-order valence-electron chi connectivity index (χ0n) is 17.0. The van der Waals surface area contributed by atoms with Crippen LogP contribution in [0.1, 0.15) is 17.7 Å². The van der Waals surface area contributed by atoms with Gasteiger partial charge in [-0.2, -0.15) is 4.98 Å². The fraction of sp³-hybridized carbons (Fsp3) is 0.316. The summed E-state index contributed by atoms with van der Waals surface area (Å²) in [5, 5.41) is 9.98. The molecule has 11 heteroatoms. The van der Waals surface area contributed by atoms with E-state index in [0.717, 1.165) is 0 Å². The average Bonchev–Trinajstić information content (AvgIpc) is 3.20. The Kier molecular flexibility index (Phi) is 6.72. The fourth-order valence-electron chi connectivity index (χ4n) is 2.83. The predicted octanol–water partition coefficient (Wildman–Crippen LogP) is 2.17. The lowest BCUT2D eigenvalue weighted by molar-refractivity contribution is -0.116. The Balaban J connectivity index is 1.67. The number of methoxy groups -OCH3 is 2. The summed E-state index contributed by atoms with van der Waals surface area (Å²) in [6.45, 7) is 1.76. The summed E-state index contributed by atoms with van der Waals surface area (Å²) in [5.74, 6) is 1.46. The fourth-order valence-corrected chi connectivity index (χ4v) is 3.26. The van der Waals surface area contributed by atoms with Crippen LogP contribution in [0.2, 0.25) is 0 Å². The third-order valence-electron chi connectivity index (χ3n) is 4.40. The van der Waals surface area contributed by atoms with Crippen LogP contribution in [-0.4, -0.2) is 51.5 Å². The number of amides is 1. The smallest absolute Gasteiger partial charge is 0.254 e. The van der Waals surface area contributed by atoms with Gasteiger partial charge in [0, 0.05) is 23.7 Å². The van der Waals surface area contributed by atoms with E-state index in [1.54, 1.807) is 39.3 Å². The van der Waals surface area contributed by atoms with Crippen molar-refractivity contribution in [2.75, 3.05) is 25.8 Å². The number of carbonyl (C=O) groups is 1. The van der Waals surface area contributed by atoms with Gasteiger partial charge in [-0.3, -0.25) is 20.0 Å². The first-order valence-electron chi connectivity index (χ1n) is 9.03. The molecule has 0 unspecified atom stereocenters.